The minimum atomic E-state index is -5.02. The molecule has 0 fully saturated rings. The number of nitrogens with zero attached hydrogens (tertiary/aromatic N) is 1. The van der Waals surface area contributed by atoms with E-state index in [-0.39, 0.29) is 12.3 Å². The Morgan fingerprint density at radius 2 is 2.00 bits per heavy atom. The monoisotopic (exact) mass is 297 g/mol. The van der Waals surface area contributed by atoms with E-state index in [2.05, 4.69) is 9.72 Å². The van der Waals surface area contributed by atoms with Gasteiger partial charge in [0.1, 0.15) is 0 Å². The van der Waals surface area contributed by atoms with Crippen molar-refractivity contribution >= 4 is 5.97 Å². The van der Waals surface area contributed by atoms with Gasteiger partial charge in [0.2, 0.25) is 0 Å². The molecule has 0 aliphatic rings. The predicted octanol–water partition coefficient (Wildman–Crippen LogP) is 3.45. The van der Waals surface area contributed by atoms with Crippen molar-refractivity contribution in [1.82, 2.24) is 4.98 Å². The molecular weight excluding hydrogens is 285 g/mol. The van der Waals surface area contributed by atoms with Crippen molar-refractivity contribution in [1.29, 1.82) is 0 Å². The molecule has 0 radical (unpaired) electrons. The van der Waals surface area contributed by atoms with Crippen LogP contribution in [0.25, 0.3) is 0 Å². The summed E-state index contributed by atoms with van der Waals surface area (Å²) < 4.78 is 68.8. The molecule has 3 nitrogen and oxygen atoms in total. The molecule has 8 heteroatoms. The molecule has 0 aliphatic carbocycles. The molecule has 20 heavy (non-hydrogen) atoms. The van der Waals surface area contributed by atoms with Crippen molar-refractivity contribution in [3.05, 3.63) is 28.6 Å². The van der Waals surface area contributed by atoms with Gasteiger partial charge >= 0.3 is 12.1 Å². The summed E-state index contributed by atoms with van der Waals surface area (Å²) in [6, 6.07) is 0.669. The number of aromatic nitrogens is 1. The predicted molar refractivity (Wildman–Crippen MR) is 59.3 cm³/mol. The van der Waals surface area contributed by atoms with Gasteiger partial charge in [0.15, 0.2) is 0 Å². The van der Waals surface area contributed by atoms with Crippen molar-refractivity contribution in [3.63, 3.8) is 0 Å². The van der Waals surface area contributed by atoms with Crippen LogP contribution in [0.2, 0.25) is 0 Å². The van der Waals surface area contributed by atoms with Crippen molar-refractivity contribution < 1.29 is 31.5 Å². The molecule has 0 aliphatic heterocycles. The van der Waals surface area contributed by atoms with E-state index < -0.39 is 41.8 Å². The first kappa shape index (κ1) is 16.3. The summed E-state index contributed by atoms with van der Waals surface area (Å²) in [6.07, 6.45) is -9.13. The first-order valence-corrected chi connectivity index (χ1v) is 5.68. The Morgan fingerprint density at radius 3 is 2.45 bits per heavy atom. The number of rotatable bonds is 4. The number of aryl methyl sites for hydroxylation is 1. The zero-order valence-electron chi connectivity index (χ0n) is 10.7. The molecule has 0 saturated heterocycles. The highest BCUT2D eigenvalue weighted by molar-refractivity contribution is 5.72. The van der Waals surface area contributed by atoms with Gasteiger partial charge in [0.05, 0.1) is 24.3 Å². The third-order valence-electron chi connectivity index (χ3n) is 2.39. The highest BCUT2D eigenvalue weighted by atomic mass is 19.4. The van der Waals surface area contributed by atoms with E-state index in [0.717, 1.165) is 0 Å². The van der Waals surface area contributed by atoms with Crippen LogP contribution in [0.4, 0.5) is 22.0 Å². The Balaban J connectivity index is 3.37. The summed E-state index contributed by atoms with van der Waals surface area (Å²) in [7, 11) is 0. The highest BCUT2D eigenvalue weighted by Crippen LogP contribution is 2.38. The van der Waals surface area contributed by atoms with E-state index in [4.69, 9.17) is 0 Å². The van der Waals surface area contributed by atoms with E-state index in [9.17, 15) is 26.7 Å². The topological polar surface area (TPSA) is 39.2 Å². The third kappa shape index (κ3) is 3.88. The van der Waals surface area contributed by atoms with Crippen LogP contribution in [0.3, 0.4) is 0 Å². The van der Waals surface area contributed by atoms with Crippen LogP contribution < -0.4 is 0 Å². The summed E-state index contributed by atoms with van der Waals surface area (Å²) in [5.41, 5.74) is -3.51. The lowest BCUT2D eigenvalue weighted by Gasteiger charge is -2.17. The quantitative estimate of drug-likeness (QED) is 0.631. The van der Waals surface area contributed by atoms with Gasteiger partial charge in [0.25, 0.3) is 6.43 Å². The lowest BCUT2D eigenvalue weighted by Crippen LogP contribution is -2.19. The van der Waals surface area contributed by atoms with Crippen LogP contribution in [-0.4, -0.2) is 17.6 Å². The first-order valence-electron chi connectivity index (χ1n) is 5.68. The van der Waals surface area contributed by atoms with Crippen molar-refractivity contribution in [2.75, 3.05) is 6.61 Å². The number of alkyl halides is 5. The second kappa shape index (κ2) is 6.15. The lowest BCUT2D eigenvalue weighted by atomic mass is 10.0. The Morgan fingerprint density at radius 1 is 1.40 bits per heavy atom. The van der Waals surface area contributed by atoms with E-state index >= 15 is 0 Å². The summed E-state index contributed by atoms with van der Waals surface area (Å²) in [4.78, 5) is 14.8. The number of pyridine rings is 1. The molecule has 0 spiro atoms. The van der Waals surface area contributed by atoms with Crippen LogP contribution in [-0.2, 0) is 22.1 Å². The smallest absolute Gasteiger partial charge is 0.418 e. The summed E-state index contributed by atoms with van der Waals surface area (Å²) >= 11 is 0. The number of halogens is 5. The fraction of sp³-hybridized carbons (Fsp3) is 0.500. The molecule has 0 saturated carbocycles. The average molecular weight is 297 g/mol. The molecule has 0 unspecified atom stereocenters. The average Bonchev–Trinajstić information content (AvgIpc) is 2.26. The van der Waals surface area contributed by atoms with Crippen molar-refractivity contribution in [3.8, 4) is 0 Å². The number of carbonyl (C=O) groups excluding carboxylic acids is 1. The minimum Gasteiger partial charge on any atom is -0.466 e. The fourth-order valence-electron chi connectivity index (χ4n) is 1.74. The van der Waals surface area contributed by atoms with Gasteiger partial charge in [-0.3, -0.25) is 9.78 Å². The van der Waals surface area contributed by atoms with Crippen LogP contribution in [0.1, 0.15) is 35.9 Å². The minimum absolute atomic E-state index is 0.0201. The van der Waals surface area contributed by atoms with Gasteiger partial charge in [-0.1, -0.05) is 0 Å². The molecule has 1 heterocycles. The fourth-order valence-corrected chi connectivity index (χ4v) is 1.74. The molecule has 0 atom stereocenters. The molecule has 112 valence electrons. The summed E-state index contributed by atoms with van der Waals surface area (Å²) in [6.45, 7) is 2.74. The third-order valence-corrected chi connectivity index (χ3v) is 2.39. The normalized spacial score (nSPS) is 11.8. The number of carbonyl (C=O) groups is 1. The molecule has 1 aromatic heterocycles. The Labute approximate surface area is 111 Å². The maximum atomic E-state index is 12.9. The van der Waals surface area contributed by atoms with Crippen LogP contribution >= 0.6 is 0 Å². The van der Waals surface area contributed by atoms with Crippen LogP contribution in [0.15, 0.2) is 6.07 Å². The van der Waals surface area contributed by atoms with Crippen molar-refractivity contribution in [2.24, 2.45) is 0 Å². The molecular formula is C12H12F5NO2. The number of esters is 1. The second-order valence-electron chi connectivity index (χ2n) is 3.95. The lowest BCUT2D eigenvalue weighted by molar-refractivity contribution is -0.144. The Bertz CT molecular complexity index is 499. The number of hydrogen-bond donors (Lipinski definition) is 0. The Kier molecular flexibility index (Phi) is 5.02. The number of ether oxygens (including phenoxy) is 1. The maximum Gasteiger partial charge on any atom is 0.418 e. The van der Waals surface area contributed by atoms with Gasteiger partial charge in [-0.2, -0.15) is 13.2 Å². The van der Waals surface area contributed by atoms with Crippen LogP contribution in [0, 0.1) is 6.92 Å². The van der Waals surface area contributed by atoms with Gasteiger partial charge < -0.3 is 4.74 Å². The maximum absolute atomic E-state index is 12.9. The Hall–Kier alpha value is -1.73. The standard InChI is InChI=1S/C12H12F5NO2/c1-3-20-9(19)5-8-10(12(15,16)17)7(11(13)14)4-6(2)18-8/h4,11H,3,5H2,1-2H3. The molecule has 1 rings (SSSR count). The molecule has 0 N–H and O–H groups in total. The second-order valence-corrected chi connectivity index (χ2v) is 3.95. The van der Waals surface area contributed by atoms with Crippen LogP contribution in [0.5, 0.6) is 0 Å². The summed E-state index contributed by atoms with van der Waals surface area (Å²) in [5.74, 6) is -0.948. The SMILES string of the molecule is CCOC(=O)Cc1nc(C)cc(C(F)F)c1C(F)(F)F. The number of hydrogen-bond acceptors (Lipinski definition) is 3. The van der Waals surface area contributed by atoms with Gasteiger partial charge in [-0.05, 0) is 19.9 Å². The highest BCUT2D eigenvalue weighted by Gasteiger charge is 2.39. The largest absolute Gasteiger partial charge is 0.466 e. The van der Waals surface area contributed by atoms with E-state index in [1.807, 2.05) is 0 Å². The first-order chi connectivity index (χ1) is 9.16. The van der Waals surface area contributed by atoms with E-state index in [1.54, 1.807) is 0 Å². The van der Waals surface area contributed by atoms with E-state index in [0.29, 0.717) is 6.07 Å². The molecule has 1 aromatic rings. The van der Waals surface area contributed by atoms with Gasteiger partial charge in [-0.15, -0.1) is 0 Å². The van der Waals surface area contributed by atoms with Gasteiger partial charge in [-0.25, -0.2) is 8.78 Å². The molecule has 0 bridgehead atoms. The zero-order chi connectivity index (χ0) is 15.5. The van der Waals surface area contributed by atoms with Gasteiger partial charge in [0, 0.05) is 11.3 Å². The molecule has 0 aromatic carbocycles. The summed E-state index contributed by atoms with van der Waals surface area (Å²) in [5, 5.41) is 0. The zero-order valence-corrected chi connectivity index (χ0v) is 10.7. The van der Waals surface area contributed by atoms with Crippen molar-refractivity contribution in [2.45, 2.75) is 32.9 Å². The van der Waals surface area contributed by atoms with E-state index in [1.165, 1.54) is 13.8 Å². The molecule has 0 amide bonds.